The van der Waals surface area contributed by atoms with Gasteiger partial charge in [0, 0.05) is 36.3 Å². The maximum absolute atomic E-state index is 14.7. The van der Waals surface area contributed by atoms with Crippen LogP contribution in [-0.4, -0.2) is 82.7 Å². The number of benzene rings is 1. The molecule has 2 bridgehead atoms. The number of hydrogen-bond donors (Lipinski definition) is 1. The van der Waals surface area contributed by atoms with Crippen LogP contribution in [0.1, 0.15) is 40.5 Å². The van der Waals surface area contributed by atoms with E-state index in [0.717, 1.165) is 30.9 Å². The van der Waals surface area contributed by atoms with Gasteiger partial charge in [0.2, 0.25) is 5.91 Å². The number of esters is 1. The molecular formula is C31H43N3O5S. The van der Waals surface area contributed by atoms with E-state index in [9.17, 15) is 19.5 Å². The molecule has 3 heterocycles. The van der Waals surface area contributed by atoms with Crippen molar-refractivity contribution in [3.05, 3.63) is 49.6 Å². The summed E-state index contributed by atoms with van der Waals surface area (Å²) in [5.41, 5.74) is 1.79. The molecule has 1 aromatic carbocycles. The Morgan fingerprint density at radius 3 is 2.38 bits per heavy atom. The Labute approximate surface area is 242 Å². The molecule has 1 N–H and O–H groups in total. The summed E-state index contributed by atoms with van der Waals surface area (Å²) < 4.78 is 4.68. The molecule has 3 fully saturated rings. The van der Waals surface area contributed by atoms with E-state index in [1.165, 1.54) is 6.08 Å². The lowest BCUT2D eigenvalue weighted by molar-refractivity contribution is -0.153. The zero-order valence-electron chi connectivity index (χ0n) is 24.1. The minimum absolute atomic E-state index is 0.0779. The predicted octanol–water partition coefficient (Wildman–Crippen LogP) is 3.89. The van der Waals surface area contributed by atoms with Crippen molar-refractivity contribution in [2.75, 3.05) is 42.6 Å². The van der Waals surface area contributed by atoms with Gasteiger partial charge in [-0.3, -0.25) is 14.4 Å². The van der Waals surface area contributed by atoms with E-state index in [0.29, 0.717) is 6.42 Å². The highest BCUT2D eigenvalue weighted by atomic mass is 32.2. The van der Waals surface area contributed by atoms with Crippen LogP contribution in [-0.2, 0) is 19.1 Å². The van der Waals surface area contributed by atoms with Crippen molar-refractivity contribution in [2.24, 2.45) is 17.8 Å². The fraction of sp³-hybridized carbons (Fsp3) is 0.581. The van der Waals surface area contributed by atoms with Gasteiger partial charge in [0.25, 0.3) is 5.91 Å². The average molecular weight is 570 g/mol. The quantitative estimate of drug-likeness (QED) is 0.285. The minimum Gasteiger partial charge on any atom is -0.461 e. The third-order valence-corrected chi connectivity index (χ3v) is 10.7. The van der Waals surface area contributed by atoms with Crippen molar-refractivity contribution in [3.8, 4) is 0 Å². The van der Waals surface area contributed by atoms with Crippen LogP contribution in [0.4, 0.5) is 11.4 Å². The van der Waals surface area contributed by atoms with E-state index in [1.54, 1.807) is 27.6 Å². The Morgan fingerprint density at radius 2 is 1.82 bits per heavy atom. The number of ether oxygens (including phenoxy) is 1. The van der Waals surface area contributed by atoms with Crippen LogP contribution in [0.2, 0.25) is 0 Å². The van der Waals surface area contributed by atoms with Gasteiger partial charge in [0.1, 0.15) is 12.6 Å². The maximum atomic E-state index is 14.7. The highest BCUT2D eigenvalue weighted by Crippen LogP contribution is 2.67. The highest BCUT2D eigenvalue weighted by molar-refractivity contribution is 8.02. The first-order valence-electron chi connectivity index (χ1n) is 14.4. The molecule has 9 heteroatoms. The van der Waals surface area contributed by atoms with Crippen LogP contribution in [0.25, 0.3) is 0 Å². The number of fused-ring (bicyclic) bond motifs is 1. The zero-order chi connectivity index (χ0) is 29.2. The van der Waals surface area contributed by atoms with E-state index in [2.05, 4.69) is 31.9 Å². The fourth-order valence-electron chi connectivity index (χ4n) is 6.88. The third-order valence-electron chi connectivity index (χ3n) is 8.77. The second-order valence-electron chi connectivity index (χ2n) is 11.1. The van der Waals surface area contributed by atoms with Crippen LogP contribution < -0.4 is 9.80 Å². The fourth-order valence-corrected chi connectivity index (χ4v) is 9.07. The molecule has 4 rings (SSSR count). The van der Waals surface area contributed by atoms with Crippen LogP contribution in [0, 0.1) is 17.8 Å². The molecule has 0 radical (unpaired) electrons. The Balaban J connectivity index is 1.77. The standard InChI is InChI=1S/C31H43N3O5S/c1-7-17-33(22-13-11-21(12-14-22)32(9-3)10-4)29(37)27-31-16-15-24(40-31)25(30(38)39-18-8-2)26(31)28(36)34(27)23(19-35)20(5)6/h7-8,11-14,20,23-27,35H,1-2,9-10,15-19H2,3-6H3/t23-,24+,25-,26-,27?,31?/m0/s1. The molecule has 2 amide bonds. The van der Waals surface area contributed by atoms with Crippen molar-refractivity contribution in [1.82, 2.24) is 4.90 Å². The van der Waals surface area contributed by atoms with Gasteiger partial charge in [0.15, 0.2) is 0 Å². The monoisotopic (exact) mass is 569 g/mol. The first-order valence-corrected chi connectivity index (χ1v) is 15.2. The smallest absolute Gasteiger partial charge is 0.311 e. The summed E-state index contributed by atoms with van der Waals surface area (Å²) in [6.07, 6.45) is 4.58. The number of aliphatic hydroxyl groups is 1. The number of carbonyl (C=O) groups excluding carboxylic acids is 3. The normalized spacial score (nSPS) is 27.4. The largest absolute Gasteiger partial charge is 0.461 e. The molecule has 3 saturated heterocycles. The summed E-state index contributed by atoms with van der Waals surface area (Å²) in [6, 6.07) is 6.52. The summed E-state index contributed by atoms with van der Waals surface area (Å²) >= 11 is 1.60. The van der Waals surface area contributed by atoms with Gasteiger partial charge in [-0.25, -0.2) is 0 Å². The van der Waals surface area contributed by atoms with E-state index >= 15 is 0 Å². The summed E-state index contributed by atoms with van der Waals surface area (Å²) in [6.45, 7) is 17.5. The van der Waals surface area contributed by atoms with Crippen LogP contribution >= 0.6 is 11.8 Å². The Kier molecular flexibility index (Phi) is 9.35. The summed E-state index contributed by atoms with van der Waals surface area (Å²) in [7, 11) is 0. The number of thioether (sulfide) groups is 1. The first kappa shape index (κ1) is 30.2. The number of anilines is 2. The number of likely N-dealkylation sites (tertiary alicyclic amines) is 1. The van der Waals surface area contributed by atoms with E-state index in [-0.39, 0.29) is 42.7 Å². The molecule has 0 saturated carbocycles. The van der Waals surface area contributed by atoms with Crippen molar-refractivity contribution in [1.29, 1.82) is 0 Å². The van der Waals surface area contributed by atoms with Crippen LogP contribution in [0.15, 0.2) is 49.6 Å². The van der Waals surface area contributed by atoms with Crippen molar-refractivity contribution >= 4 is 40.9 Å². The lowest BCUT2D eigenvalue weighted by atomic mass is 9.71. The number of amides is 2. The van der Waals surface area contributed by atoms with Crippen molar-refractivity contribution in [2.45, 2.75) is 62.6 Å². The van der Waals surface area contributed by atoms with Crippen molar-refractivity contribution in [3.63, 3.8) is 0 Å². The van der Waals surface area contributed by atoms with Crippen LogP contribution in [0.3, 0.4) is 0 Å². The summed E-state index contributed by atoms with van der Waals surface area (Å²) in [5, 5.41) is 10.3. The SMILES string of the molecule is C=CCOC(=O)[C@@H]1[C@H]2C(=O)N([C@@H](CO)C(C)C)C(C(=O)N(CC=C)c3ccc(N(CC)CC)cc3)C23CC[C@H]1S3. The Hall–Kier alpha value is -2.78. The molecule has 6 atom stereocenters. The molecule has 1 aromatic rings. The molecule has 1 spiro atoms. The Morgan fingerprint density at radius 1 is 1.18 bits per heavy atom. The van der Waals surface area contributed by atoms with Gasteiger partial charge in [-0.05, 0) is 56.9 Å². The number of hydrogen-bond acceptors (Lipinski definition) is 7. The summed E-state index contributed by atoms with van der Waals surface area (Å²) in [4.78, 5) is 47.7. The minimum atomic E-state index is -0.820. The van der Waals surface area contributed by atoms with E-state index in [1.807, 2.05) is 38.1 Å². The molecule has 40 heavy (non-hydrogen) atoms. The van der Waals surface area contributed by atoms with Crippen LogP contribution in [0.5, 0.6) is 0 Å². The molecule has 218 valence electrons. The lowest BCUT2D eigenvalue weighted by Gasteiger charge is -2.40. The van der Waals surface area contributed by atoms with Gasteiger partial charge in [-0.1, -0.05) is 32.6 Å². The molecule has 2 unspecified atom stereocenters. The molecule has 3 aliphatic rings. The highest BCUT2D eigenvalue weighted by Gasteiger charge is 2.75. The predicted molar refractivity (Wildman–Crippen MR) is 160 cm³/mol. The molecular weight excluding hydrogens is 526 g/mol. The topological polar surface area (TPSA) is 90.4 Å². The molecule has 3 aliphatic heterocycles. The maximum Gasteiger partial charge on any atom is 0.311 e. The lowest BCUT2D eigenvalue weighted by Crippen LogP contribution is -2.58. The first-order chi connectivity index (χ1) is 19.2. The molecule has 0 aliphatic carbocycles. The van der Waals surface area contributed by atoms with Gasteiger partial charge in [-0.2, -0.15) is 0 Å². The Bertz CT molecular complexity index is 1120. The number of carbonyl (C=O) groups is 3. The van der Waals surface area contributed by atoms with Gasteiger partial charge < -0.3 is 24.5 Å². The molecule has 0 aromatic heterocycles. The van der Waals surface area contributed by atoms with Crippen molar-refractivity contribution < 1.29 is 24.2 Å². The zero-order valence-corrected chi connectivity index (χ0v) is 24.9. The van der Waals surface area contributed by atoms with E-state index < -0.39 is 34.6 Å². The van der Waals surface area contributed by atoms with Gasteiger partial charge in [0.05, 0.1) is 29.2 Å². The number of aliphatic hydroxyl groups excluding tert-OH is 1. The van der Waals surface area contributed by atoms with Gasteiger partial charge in [-0.15, -0.1) is 18.3 Å². The third kappa shape index (κ3) is 4.96. The second-order valence-corrected chi connectivity index (χ2v) is 12.7. The number of nitrogens with zero attached hydrogens (tertiary/aromatic N) is 3. The molecule has 8 nitrogen and oxygen atoms in total. The van der Waals surface area contributed by atoms with E-state index in [4.69, 9.17) is 4.74 Å². The summed E-state index contributed by atoms with van der Waals surface area (Å²) in [5.74, 6) is -2.25. The average Bonchev–Trinajstić information content (AvgIpc) is 3.59. The van der Waals surface area contributed by atoms with Gasteiger partial charge >= 0.3 is 5.97 Å². The number of rotatable bonds is 13. The second kappa shape index (κ2) is 12.4.